The third-order valence-electron chi connectivity index (χ3n) is 9.78. The molecule has 10 nitrogen and oxygen atoms in total. The summed E-state index contributed by atoms with van der Waals surface area (Å²) in [5.74, 6) is 1.43. The zero-order valence-corrected chi connectivity index (χ0v) is 38.4. The van der Waals surface area contributed by atoms with Crippen molar-refractivity contribution in [1.29, 1.82) is 10.5 Å². The SMILES string of the molecule is CCC1N=C2C(C)=CC(Br)=CN2C1N(C)c1nc(-c2ccc(F)cc2)c(C#N)s1.CCC1N=C2C(C)=CC(Br)=CN2C1NC.N#Cc1sc(Cl)nc1-c1ccc(F)cc1. The Balaban J connectivity index is 0.000000164. The number of anilines is 1. The zero-order valence-electron chi connectivity index (χ0n) is 32.9. The summed E-state index contributed by atoms with van der Waals surface area (Å²) >= 11 is 15.3. The lowest BCUT2D eigenvalue weighted by atomic mass is 10.1. The van der Waals surface area contributed by atoms with Gasteiger partial charge in [0, 0.05) is 39.5 Å². The second-order valence-electron chi connectivity index (χ2n) is 13.7. The lowest BCUT2D eigenvalue weighted by molar-refractivity contribution is 0.327. The van der Waals surface area contributed by atoms with E-state index in [1.807, 2.05) is 26.4 Å². The Labute approximate surface area is 372 Å². The second kappa shape index (κ2) is 19.2. The minimum Gasteiger partial charge on any atom is -0.328 e. The molecule has 2 aromatic heterocycles. The van der Waals surface area contributed by atoms with Crippen molar-refractivity contribution in [3.63, 3.8) is 0 Å². The largest absolute Gasteiger partial charge is 0.328 e. The van der Waals surface area contributed by atoms with Gasteiger partial charge in [-0.1, -0.05) is 48.1 Å². The molecule has 0 fully saturated rings. The monoisotopic (exact) mass is 978 g/mol. The molecule has 8 rings (SSSR count). The van der Waals surface area contributed by atoms with E-state index >= 15 is 0 Å². The number of hydrogen-bond acceptors (Lipinski definition) is 12. The summed E-state index contributed by atoms with van der Waals surface area (Å²) in [6, 6.07) is 16.5. The maximum atomic E-state index is 13.3. The summed E-state index contributed by atoms with van der Waals surface area (Å²) in [6.07, 6.45) is 10.5. The van der Waals surface area contributed by atoms with E-state index in [2.05, 4.69) is 109 Å². The van der Waals surface area contributed by atoms with Crippen molar-refractivity contribution < 1.29 is 8.78 Å². The van der Waals surface area contributed by atoms with Crippen molar-refractivity contribution in [2.24, 2.45) is 9.98 Å². The van der Waals surface area contributed by atoms with Crippen LogP contribution in [0.5, 0.6) is 0 Å². The van der Waals surface area contributed by atoms with Gasteiger partial charge in [0.2, 0.25) is 0 Å². The summed E-state index contributed by atoms with van der Waals surface area (Å²) in [6.45, 7) is 8.46. The van der Waals surface area contributed by atoms with Crippen LogP contribution in [-0.2, 0) is 0 Å². The Morgan fingerprint density at radius 1 is 0.780 bits per heavy atom. The average molecular weight is 981 g/mol. The van der Waals surface area contributed by atoms with Crippen molar-refractivity contribution in [1.82, 2.24) is 25.1 Å². The fourth-order valence-electron chi connectivity index (χ4n) is 7.00. The molecule has 0 aliphatic carbocycles. The number of likely N-dealkylation sites (N-methyl/N-ethyl adjacent to an activating group) is 2. The number of nitrogens with zero attached hydrogens (tertiary/aromatic N) is 9. The maximum Gasteiger partial charge on any atom is 0.188 e. The van der Waals surface area contributed by atoms with Gasteiger partial charge in [-0.2, -0.15) is 10.5 Å². The quantitative estimate of drug-likeness (QED) is 0.194. The van der Waals surface area contributed by atoms with Crippen LogP contribution in [0.1, 0.15) is 50.3 Å². The minimum absolute atomic E-state index is 0.0371. The molecule has 4 aliphatic heterocycles. The fourth-order valence-corrected chi connectivity index (χ4v) is 9.94. The average Bonchev–Trinajstić information content (AvgIpc) is 4.01. The van der Waals surface area contributed by atoms with Crippen LogP contribution in [0.3, 0.4) is 0 Å². The molecule has 4 aromatic rings. The van der Waals surface area contributed by atoms with Crippen LogP contribution in [0.25, 0.3) is 22.5 Å². The highest BCUT2D eigenvalue weighted by molar-refractivity contribution is 9.12. The molecule has 2 aromatic carbocycles. The van der Waals surface area contributed by atoms with Crippen LogP contribution in [0, 0.1) is 34.3 Å². The van der Waals surface area contributed by atoms with Crippen LogP contribution in [0.2, 0.25) is 4.47 Å². The molecule has 0 bridgehead atoms. The van der Waals surface area contributed by atoms with Crippen molar-refractivity contribution in [2.45, 2.75) is 65.0 Å². The number of thiazole rings is 2. The van der Waals surface area contributed by atoms with Gasteiger partial charge in [-0.25, -0.2) is 18.7 Å². The number of nitriles is 2. The number of halogens is 5. The van der Waals surface area contributed by atoms with E-state index in [9.17, 15) is 14.0 Å². The van der Waals surface area contributed by atoms with Gasteiger partial charge in [-0.05, 0) is 137 Å². The van der Waals surface area contributed by atoms with E-state index in [1.165, 1.54) is 41.2 Å². The number of amidine groups is 2. The van der Waals surface area contributed by atoms with Gasteiger partial charge < -0.3 is 14.7 Å². The Hall–Kier alpha value is -4.55. The molecule has 6 heterocycles. The van der Waals surface area contributed by atoms with Gasteiger partial charge in [-0.3, -0.25) is 15.3 Å². The summed E-state index contributed by atoms with van der Waals surface area (Å²) in [4.78, 5) is 25.8. The predicted octanol–water partition coefficient (Wildman–Crippen LogP) is 11.0. The summed E-state index contributed by atoms with van der Waals surface area (Å²) in [5.41, 5.74) is 4.84. The standard InChI is InChI=1S/C21H19BrFN5S.C11H16BrN3.C10H4ClFN2S/c1-4-16-20(28-11-14(22)9-12(2)19(28)25-16)27(3)21-26-18(17(10-24)29-21)13-5-7-15(23)8-6-13;1-4-9-11(13-3)15-6-8(12)5-7(2)10(15)14-9;11-10-14-9(8(5-13)15-10)6-1-3-7(12)4-2-6/h5-9,11,16,20H,4H2,1-3H3;5-6,9,11,13H,4H2,1-3H3;1-4H. The number of aromatic nitrogens is 2. The maximum absolute atomic E-state index is 13.3. The normalized spacial score (nSPS) is 20.2. The summed E-state index contributed by atoms with van der Waals surface area (Å²) in [5, 5.41) is 22.5. The number of benzene rings is 2. The van der Waals surface area contributed by atoms with Gasteiger partial charge >= 0.3 is 0 Å². The van der Waals surface area contributed by atoms with E-state index in [1.54, 1.807) is 24.3 Å². The molecule has 0 saturated heterocycles. The molecule has 4 unspecified atom stereocenters. The third kappa shape index (κ3) is 9.59. The first kappa shape index (κ1) is 44.0. The van der Waals surface area contributed by atoms with E-state index in [0.717, 1.165) is 61.1 Å². The van der Waals surface area contributed by atoms with Crippen molar-refractivity contribution >= 4 is 82.9 Å². The summed E-state index contributed by atoms with van der Waals surface area (Å²) < 4.78 is 28.4. The lowest BCUT2D eigenvalue weighted by Gasteiger charge is -2.36. The zero-order chi connectivity index (χ0) is 42.5. The number of rotatable bonds is 7. The Kier molecular flexibility index (Phi) is 14.3. The van der Waals surface area contributed by atoms with Crippen LogP contribution < -0.4 is 10.2 Å². The topological polar surface area (TPSA) is 120 Å². The molecule has 17 heteroatoms. The smallest absolute Gasteiger partial charge is 0.188 e. The molecule has 0 amide bonds. The molecular formula is C42H39Br2ClF2N10S2. The van der Waals surface area contributed by atoms with Crippen LogP contribution in [0.4, 0.5) is 13.9 Å². The van der Waals surface area contributed by atoms with Gasteiger partial charge in [0.15, 0.2) is 9.60 Å². The highest BCUT2D eigenvalue weighted by Crippen LogP contribution is 2.38. The van der Waals surface area contributed by atoms with Gasteiger partial charge in [0.25, 0.3) is 0 Å². The molecule has 0 saturated carbocycles. The van der Waals surface area contributed by atoms with Crippen molar-refractivity contribution in [2.75, 3.05) is 19.0 Å². The Bertz CT molecular complexity index is 2480. The number of hydrogen-bond donors (Lipinski definition) is 1. The third-order valence-corrected chi connectivity index (χ3v) is 12.8. The highest BCUT2D eigenvalue weighted by Gasteiger charge is 2.40. The van der Waals surface area contributed by atoms with E-state index in [0.29, 0.717) is 43.4 Å². The number of nitrogens with one attached hydrogen (secondary N) is 1. The number of allylic oxidation sites excluding steroid dienone is 4. The first-order chi connectivity index (χ1) is 28.3. The van der Waals surface area contributed by atoms with Crippen molar-refractivity contribution in [3.05, 3.63) is 119 Å². The Morgan fingerprint density at radius 2 is 1.25 bits per heavy atom. The molecule has 304 valence electrons. The number of aliphatic imine (C=N–C) groups is 2. The fraction of sp³-hybridized carbons (Fsp3) is 0.286. The highest BCUT2D eigenvalue weighted by atomic mass is 79.9. The second-order valence-corrected chi connectivity index (χ2v) is 18.1. The lowest BCUT2D eigenvalue weighted by Crippen LogP contribution is -2.49. The molecule has 0 radical (unpaired) electrons. The molecular weight excluding hydrogens is 942 g/mol. The van der Waals surface area contributed by atoms with Gasteiger partial charge in [0.1, 0.15) is 68.9 Å². The van der Waals surface area contributed by atoms with Crippen LogP contribution >= 0.6 is 66.1 Å². The van der Waals surface area contributed by atoms with Gasteiger partial charge in [0.05, 0.1) is 12.1 Å². The van der Waals surface area contributed by atoms with Gasteiger partial charge in [-0.15, -0.1) is 0 Å². The first-order valence-electron chi connectivity index (χ1n) is 18.5. The molecule has 0 spiro atoms. The number of fused-ring (bicyclic) bond motifs is 2. The molecule has 4 aliphatic rings. The van der Waals surface area contributed by atoms with E-state index < -0.39 is 0 Å². The van der Waals surface area contributed by atoms with Crippen LogP contribution in [-0.4, -0.2) is 69.9 Å². The van der Waals surface area contributed by atoms with E-state index in [-0.39, 0.29) is 23.8 Å². The predicted molar refractivity (Wildman–Crippen MR) is 243 cm³/mol. The van der Waals surface area contributed by atoms with Crippen molar-refractivity contribution in [3.8, 4) is 34.7 Å². The minimum atomic E-state index is -0.321. The molecule has 1 N–H and O–H groups in total. The van der Waals surface area contributed by atoms with E-state index in [4.69, 9.17) is 31.8 Å². The molecule has 4 atom stereocenters. The summed E-state index contributed by atoms with van der Waals surface area (Å²) in [7, 11) is 3.97. The first-order valence-corrected chi connectivity index (χ1v) is 22.1. The van der Waals surface area contributed by atoms with Crippen LogP contribution in [0.15, 0.2) is 103 Å². The molecule has 59 heavy (non-hydrogen) atoms. The Morgan fingerprint density at radius 3 is 1.76 bits per heavy atom.